The summed E-state index contributed by atoms with van der Waals surface area (Å²) >= 11 is 2.80. The van der Waals surface area contributed by atoms with Gasteiger partial charge in [0, 0.05) is 11.9 Å². The van der Waals surface area contributed by atoms with Crippen LogP contribution >= 0.6 is 23.1 Å². The van der Waals surface area contributed by atoms with Gasteiger partial charge in [-0.15, -0.1) is 21.5 Å². The molecule has 1 N–H and O–H groups in total. The van der Waals surface area contributed by atoms with Gasteiger partial charge < -0.3 is 9.55 Å². The molecule has 0 aliphatic rings. The summed E-state index contributed by atoms with van der Waals surface area (Å²) in [5.74, 6) is 1.08. The summed E-state index contributed by atoms with van der Waals surface area (Å²) in [5.41, 5.74) is 3.35. The Morgan fingerprint density at radius 1 is 1.19 bits per heavy atom. The van der Waals surface area contributed by atoms with Gasteiger partial charge in [0.05, 0.1) is 16.8 Å². The monoisotopic (exact) mass is 394 g/mol. The van der Waals surface area contributed by atoms with Gasteiger partial charge in [-0.25, -0.2) is 9.97 Å². The molecular weight excluding hydrogens is 380 g/mol. The highest BCUT2D eigenvalue weighted by Gasteiger charge is 2.14. The Bertz CT molecular complexity index is 1350. The third-order valence-electron chi connectivity index (χ3n) is 4.37. The second kappa shape index (κ2) is 6.43. The molecular formula is C18H14N6OS2. The van der Waals surface area contributed by atoms with Crippen molar-refractivity contribution in [3.05, 3.63) is 51.9 Å². The van der Waals surface area contributed by atoms with Crippen LogP contribution in [0.1, 0.15) is 12.7 Å². The number of para-hydroxylation sites is 1. The van der Waals surface area contributed by atoms with Crippen molar-refractivity contribution >= 4 is 55.4 Å². The van der Waals surface area contributed by atoms with E-state index in [1.54, 1.807) is 0 Å². The molecule has 7 nitrogen and oxygen atoms in total. The summed E-state index contributed by atoms with van der Waals surface area (Å²) in [4.78, 5) is 24.1. The molecule has 1 aromatic carbocycles. The summed E-state index contributed by atoms with van der Waals surface area (Å²) in [6, 6.07) is 9.97. The molecule has 0 amide bonds. The number of aromatic amines is 1. The van der Waals surface area contributed by atoms with Crippen molar-refractivity contribution in [1.29, 1.82) is 0 Å². The Labute approximate surface area is 161 Å². The number of thiophene rings is 1. The molecule has 4 aromatic heterocycles. The first kappa shape index (κ1) is 16.4. The minimum Gasteiger partial charge on any atom is -0.324 e. The summed E-state index contributed by atoms with van der Waals surface area (Å²) < 4.78 is 2.79. The highest BCUT2D eigenvalue weighted by molar-refractivity contribution is 7.98. The number of hydrogen-bond donors (Lipinski definition) is 1. The number of nitrogens with one attached hydrogen (secondary N) is 1. The standard InChI is InChI=1S/C18H14N6OS2/c1-2-24-12-6-4-3-5-10(12)14-16(24)21-18(23-22-14)27-9-13-19-11-7-8-26-15(11)17(25)20-13/h3-8H,2,9H2,1H3,(H,19,20,25). The molecule has 5 aromatic rings. The van der Waals surface area contributed by atoms with Gasteiger partial charge in [0.15, 0.2) is 5.65 Å². The molecule has 0 aliphatic heterocycles. The van der Waals surface area contributed by atoms with Crippen LogP contribution in [0.25, 0.3) is 32.3 Å². The highest BCUT2D eigenvalue weighted by Crippen LogP contribution is 2.27. The van der Waals surface area contributed by atoms with E-state index in [9.17, 15) is 4.79 Å². The molecule has 0 atom stereocenters. The van der Waals surface area contributed by atoms with E-state index < -0.39 is 0 Å². The van der Waals surface area contributed by atoms with Gasteiger partial charge in [-0.3, -0.25) is 4.79 Å². The lowest BCUT2D eigenvalue weighted by atomic mass is 10.2. The molecule has 0 unspecified atom stereocenters. The van der Waals surface area contributed by atoms with Crippen molar-refractivity contribution in [3.8, 4) is 0 Å². The van der Waals surface area contributed by atoms with Crippen LogP contribution in [-0.2, 0) is 12.3 Å². The Kier molecular flexibility index (Phi) is 3.91. The number of fused-ring (bicyclic) bond motifs is 4. The molecule has 0 saturated heterocycles. The fraction of sp³-hybridized carbons (Fsp3) is 0.167. The Hall–Kier alpha value is -2.78. The van der Waals surface area contributed by atoms with Crippen LogP contribution in [0.3, 0.4) is 0 Å². The maximum Gasteiger partial charge on any atom is 0.268 e. The number of benzene rings is 1. The van der Waals surface area contributed by atoms with Crippen LogP contribution in [0.15, 0.2) is 45.7 Å². The topological polar surface area (TPSA) is 89.4 Å². The van der Waals surface area contributed by atoms with Crippen LogP contribution in [0.5, 0.6) is 0 Å². The van der Waals surface area contributed by atoms with Gasteiger partial charge in [0.2, 0.25) is 5.16 Å². The number of thioether (sulfide) groups is 1. The average Bonchev–Trinajstić information content (AvgIpc) is 3.28. The zero-order valence-electron chi connectivity index (χ0n) is 14.3. The number of aryl methyl sites for hydroxylation is 1. The Morgan fingerprint density at radius 3 is 2.96 bits per heavy atom. The van der Waals surface area contributed by atoms with E-state index >= 15 is 0 Å². The third-order valence-corrected chi connectivity index (χ3v) is 6.12. The molecule has 0 radical (unpaired) electrons. The smallest absolute Gasteiger partial charge is 0.268 e. The third kappa shape index (κ3) is 2.70. The van der Waals surface area contributed by atoms with E-state index in [1.165, 1.54) is 23.1 Å². The second-order valence-corrected chi connectivity index (χ2v) is 7.82. The predicted octanol–water partition coefficient (Wildman–Crippen LogP) is 3.59. The number of H-pyrrole nitrogens is 1. The van der Waals surface area contributed by atoms with Gasteiger partial charge in [-0.1, -0.05) is 30.0 Å². The zero-order chi connectivity index (χ0) is 18.4. The SMILES string of the molecule is CCn1c2ccccc2c2nnc(SCc3nc4ccsc4c(=O)[nH]3)nc21. The molecule has 27 heavy (non-hydrogen) atoms. The van der Waals surface area contributed by atoms with Crippen LogP contribution in [0.4, 0.5) is 0 Å². The molecule has 0 fully saturated rings. The molecule has 0 spiro atoms. The normalized spacial score (nSPS) is 11.7. The van der Waals surface area contributed by atoms with E-state index in [2.05, 4.69) is 37.7 Å². The second-order valence-electron chi connectivity index (χ2n) is 5.96. The van der Waals surface area contributed by atoms with Crippen LogP contribution < -0.4 is 5.56 Å². The van der Waals surface area contributed by atoms with Crippen molar-refractivity contribution in [1.82, 2.24) is 29.7 Å². The lowest BCUT2D eigenvalue weighted by molar-refractivity contribution is 0.789. The number of hydrogen-bond acceptors (Lipinski definition) is 7. The Morgan fingerprint density at radius 2 is 2.07 bits per heavy atom. The minimum absolute atomic E-state index is 0.105. The lowest BCUT2D eigenvalue weighted by Gasteiger charge is -2.03. The number of aromatic nitrogens is 6. The van der Waals surface area contributed by atoms with Gasteiger partial charge in [0.1, 0.15) is 16.0 Å². The van der Waals surface area contributed by atoms with E-state index in [0.717, 1.165) is 34.1 Å². The molecule has 9 heteroatoms. The van der Waals surface area contributed by atoms with Crippen molar-refractivity contribution < 1.29 is 0 Å². The zero-order valence-corrected chi connectivity index (χ0v) is 16.0. The van der Waals surface area contributed by atoms with Crippen LogP contribution in [0, 0.1) is 0 Å². The van der Waals surface area contributed by atoms with Gasteiger partial charge in [0.25, 0.3) is 5.56 Å². The fourth-order valence-corrected chi connectivity index (χ4v) is 4.57. The Balaban J connectivity index is 1.51. The minimum atomic E-state index is -0.105. The molecule has 0 saturated carbocycles. The van der Waals surface area contributed by atoms with E-state index in [1.807, 2.05) is 29.6 Å². The summed E-state index contributed by atoms with van der Waals surface area (Å²) in [7, 11) is 0. The largest absolute Gasteiger partial charge is 0.324 e. The van der Waals surface area contributed by atoms with Crippen LogP contribution in [0.2, 0.25) is 0 Å². The summed E-state index contributed by atoms with van der Waals surface area (Å²) in [6.07, 6.45) is 0. The molecule has 134 valence electrons. The van der Waals surface area contributed by atoms with Gasteiger partial charge >= 0.3 is 0 Å². The van der Waals surface area contributed by atoms with Crippen molar-refractivity contribution in [3.63, 3.8) is 0 Å². The number of rotatable bonds is 4. The van der Waals surface area contributed by atoms with Crippen LogP contribution in [-0.4, -0.2) is 29.7 Å². The summed E-state index contributed by atoms with van der Waals surface area (Å²) in [5, 5.41) is 12.2. The van der Waals surface area contributed by atoms with Crippen molar-refractivity contribution in [2.75, 3.05) is 0 Å². The van der Waals surface area contributed by atoms with E-state index in [4.69, 9.17) is 4.98 Å². The lowest BCUT2D eigenvalue weighted by Crippen LogP contribution is -2.09. The quantitative estimate of drug-likeness (QED) is 0.469. The summed E-state index contributed by atoms with van der Waals surface area (Å²) in [6.45, 7) is 2.89. The van der Waals surface area contributed by atoms with E-state index in [-0.39, 0.29) is 5.56 Å². The van der Waals surface area contributed by atoms with E-state index in [0.29, 0.717) is 21.4 Å². The predicted molar refractivity (Wildman–Crippen MR) is 108 cm³/mol. The van der Waals surface area contributed by atoms with Crippen molar-refractivity contribution in [2.45, 2.75) is 24.4 Å². The molecule has 0 bridgehead atoms. The first-order chi connectivity index (χ1) is 13.2. The highest BCUT2D eigenvalue weighted by atomic mass is 32.2. The first-order valence-corrected chi connectivity index (χ1v) is 10.3. The fourth-order valence-electron chi connectivity index (χ4n) is 3.19. The average molecular weight is 394 g/mol. The maximum atomic E-state index is 12.1. The molecule has 5 rings (SSSR count). The molecule has 4 heterocycles. The molecule has 0 aliphatic carbocycles. The first-order valence-electron chi connectivity index (χ1n) is 8.45. The maximum absolute atomic E-state index is 12.1. The van der Waals surface area contributed by atoms with Gasteiger partial charge in [-0.2, -0.15) is 0 Å². The van der Waals surface area contributed by atoms with Gasteiger partial charge in [-0.05, 0) is 24.4 Å². The number of nitrogens with zero attached hydrogens (tertiary/aromatic N) is 5. The van der Waals surface area contributed by atoms with Crippen molar-refractivity contribution in [2.24, 2.45) is 0 Å².